The highest BCUT2D eigenvalue weighted by Crippen LogP contribution is 2.08. The Labute approximate surface area is 129 Å². The molecule has 0 saturated heterocycles. The third-order valence-electron chi connectivity index (χ3n) is 3.18. The van der Waals surface area contributed by atoms with E-state index in [1.807, 2.05) is 20.8 Å². The number of hydrogen-bond acceptors (Lipinski definition) is 3. The van der Waals surface area contributed by atoms with Gasteiger partial charge in [-0.1, -0.05) is 40.5 Å². The average molecular weight is 300 g/mol. The van der Waals surface area contributed by atoms with Gasteiger partial charge in [-0.2, -0.15) is 0 Å². The monoisotopic (exact) mass is 300 g/mol. The van der Waals surface area contributed by atoms with Crippen molar-refractivity contribution in [2.45, 2.75) is 59.9 Å². The maximum atomic E-state index is 12.0. The molecule has 0 saturated carbocycles. The highest BCUT2D eigenvalue weighted by molar-refractivity contribution is 5.79. The van der Waals surface area contributed by atoms with Gasteiger partial charge in [0.05, 0.1) is 13.1 Å². The van der Waals surface area contributed by atoms with Crippen molar-refractivity contribution >= 4 is 11.9 Å². The molecule has 2 N–H and O–H groups in total. The number of nitrogens with zero attached hydrogens (tertiary/aromatic N) is 1. The summed E-state index contributed by atoms with van der Waals surface area (Å²) in [5.41, 5.74) is 0. The molecule has 0 aromatic carbocycles. The van der Waals surface area contributed by atoms with Crippen LogP contribution in [0.25, 0.3) is 0 Å². The van der Waals surface area contributed by atoms with Crippen molar-refractivity contribution in [2.75, 3.05) is 19.6 Å². The van der Waals surface area contributed by atoms with E-state index in [0.29, 0.717) is 18.4 Å². The summed E-state index contributed by atoms with van der Waals surface area (Å²) in [6, 6.07) is 0.141. The highest BCUT2D eigenvalue weighted by Gasteiger charge is 2.16. The number of carbonyl (C=O) groups is 2. The average Bonchev–Trinajstić information content (AvgIpc) is 2.25. The topological polar surface area (TPSA) is 69.6 Å². The minimum atomic E-state index is -0.895. The summed E-state index contributed by atoms with van der Waals surface area (Å²) < 4.78 is 0. The number of amides is 1. The Balaban J connectivity index is 4.13. The van der Waals surface area contributed by atoms with Crippen molar-refractivity contribution in [3.8, 4) is 0 Å². The van der Waals surface area contributed by atoms with Crippen LogP contribution in [-0.4, -0.2) is 47.6 Å². The van der Waals surface area contributed by atoms with Crippen molar-refractivity contribution in [1.82, 2.24) is 10.2 Å². The fraction of sp³-hybridized carbons (Fsp3) is 0.875. The van der Waals surface area contributed by atoms with E-state index in [9.17, 15) is 9.59 Å². The molecular formula is C16H32N2O3. The SMILES string of the molecule is CC(C)CCCC(C)NC(=O)CN(CC(=O)O)CC(C)C. The molecule has 0 rings (SSSR count). The van der Waals surface area contributed by atoms with Crippen LogP contribution in [0.4, 0.5) is 0 Å². The van der Waals surface area contributed by atoms with Crippen molar-refractivity contribution in [1.29, 1.82) is 0 Å². The van der Waals surface area contributed by atoms with Gasteiger partial charge in [-0.05, 0) is 25.2 Å². The zero-order valence-electron chi connectivity index (χ0n) is 14.2. The second kappa shape index (κ2) is 10.6. The largest absolute Gasteiger partial charge is 0.480 e. The van der Waals surface area contributed by atoms with Crippen LogP contribution in [-0.2, 0) is 9.59 Å². The standard InChI is InChI=1S/C16H32N2O3/c1-12(2)7-6-8-14(5)17-15(19)10-18(9-13(3)4)11-16(20)21/h12-14H,6-11H2,1-5H3,(H,17,19)(H,20,21). The van der Waals surface area contributed by atoms with E-state index in [-0.39, 0.29) is 25.0 Å². The molecule has 0 bridgehead atoms. The fourth-order valence-electron chi connectivity index (χ4n) is 2.32. The Morgan fingerprint density at radius 2 is 1.62 bits per heavy atom. The lowest BCUT2D eigenvalue weighted by Crippen LogP contribution is -2.43. The van der Waals surface area contributed by atoms with Gasteiger partial charge in [0.1, 0.15) is 0 Å². The molecular weight excluding hydrogens is 268 g/mol. The smallest absolute Gasteiger partial charge is 0.317 e. The molecule has 5 nitrogen and oxygen atoms in total. The molecule has 124 valence electrons. The summed E-state index contributed by atoms with van der Waals surface area (Å²) >= 11 is 0. The molecule has 0 aliphatic rings. The van der Waals surface area contributed by atoms with Gasteiger partial charge in [0, 0.05) is 12.6 Å². The number of aliphatic carboxylic acids is 1. The van der Waals surface area contributed by atoms with Crippen LogP contribution in [0.3, 0.4) is 0 Å². The summed E-state index contributed by atoms with van der Waals surface area (Å²) in [6.45, 7) is 11.1. The lowest BCUT2D eigenvalue weighted by molar-refractivity contribution is -0.138. The van der Waals surface area contributed by atoms with E-state index < -0.39 is 5.97 Å². The van der Waals surface area contributed by atoms with E-state index in [1.54, 1.807) is 4.90 Å². The van der Waals surface area contributed by atoms with Crippen LogP contribution in [0.2, 0.25) is 0 Å². The summed E-state index contributed by atoms with van der Waals surface area (Å²) in [4.78, 5) is 24.5. The minimum absolute atomic E-state index is 0.0889. The summed E-state index contributed by atoms with van der Waals surface area (Å²) in [5, 5.41) is 11.8. The van der Waals surface area contributed by atoms with Crippen molar-refractivity contribution in [3.63, 3.8) is 0 Å². The van der Waals surface area contributed by atoms with Crippen LogP contribution in [0.1, 0.15) is 53.9 Å². The van der Waals surface area contributed by atoms with E-state index in [0.717, 1.165) is 12.8 Å². The van der Waals surface area contributed by atoms with Crippen LogP contribution in [0, 0.1) is 11.8 Å². The number of carboxylic acid groups (broad SMARTS) is 1. The molecule has 0 heterocycles. The quantitative estimate of drug-likeness (QED) is 0.614. The number of hydrogen-bond donors (Lipinski definition) is 2. The first-order valence-corrected chi connectivity index (χ1v) is 7.94. The van der Waals surface area contributed by atoms with Crippen LogP contribution < -0.4 is 5.32 Å². The van der Waals surface area contributed by atoms with E-state index in [2.05, 4.69) is 19.2 Å². The minimum Gasteiger partial charge on any atom is -0.480 e. The molecule has 0 aliphatic heterocycles. The molecule has 1 unspecified atom stereocenters. The third kappa shape index (κ3) is 12.4. The Hall–Kier alpha value is -1.10. The summed E-state index contributed by atoms with van der Waals surface area (Å²) in [7, 11) is 0. The first kappa shape index (κ1) is 19.9. The second-order valence-electron chi connectivity index (χ2n) is 6.75. The predicted molar refractivity (Wildman–Crippen MR) is 85.2 cm³/mol. The van der Waals surface area contributed by atoms with Gasteiger partial charge in [-0.3, -0.25) is 14.5 Å². The zero-order chi connectivity index (χ0) is 16.4. The molecule has 0 radical (unpaired) electrons. The number of carboxylic acids is 1. The van der Waals surface area contributed by atoms with Gasteiger partial charge in [0.15, 0.2) is 0 Å². The second-order valence-corrected chi connectivity index (χ2v) is 6.75. The van der Waals surface area contributed by atoms with Crippen molar-refractivity contribution in [3.05, 3.63) is 0 Å². The molecule has 0 aromatic rings. The molecule has 1 amide bonds. The first-order valence-electron chi connectivity index (χ1n) is 7.94. The Morgan fingerprint density at radius 3 is 2.10 bits per heavy atom. The molecule has 0 aliphatic carbocycles. The predicted octanol–water partition coefficient (Wildman–Crippen LogP) is 2.36. The maximum Gasteiger partial charge on any atom is 0.317 e. The first-order chi connectivity index (χ1) is 9.70. The van der Waals surface area contributed by atoms with Crippen LogP contribution in [0.5, 0.6) is 0 Å². The molecule has 21 heavy (non-hydrogen) atoms. The molecule has 5 heteroatoms. The molecule has 0 fully saturated rings. The van der Waals surface area contributed by atoms with Gasteiger partial charge in [-0.15, -0.1) is 0 Å². The normalized spacial score (nSPS) is 13.0. The number of carbonyl (C=O) groups excluding carboxylic acids is 1. The lowest BCUT2D eigenvalue weighted by atomic mass is 10.0. The molecule has 1 atom stereocenters. The summed E-state index contributed by atoms with van der Waals surface area (Å²) in [5.74, 6) is 0.0352. The Kier molecular flexibility index (Phi) is 10.0. The fourth-order valence-corrected chi connectivity index (χ4v) is 2.32. The molecule has 0 spiro atoms. The van der Waals surface area contributed by atoms with Crippen LogP contribution in [0.15, 0.2) is 0 Å². The van der Waals surface area contributed by atoms with Gasteiger partial charge < -0.3 is 10.4 Å². The van der Waals surface area contributed by atoms with E-state index >= 15 is 0 Å². The van der Waals surface area contributed by atoms with E-state index in [4.69, 9.17) is 5.11 Å². The Morgan fingerprint density at radius 1 is 1.00 bits per heavy atom. The lowest BCUT2D eigenvalue weighted by Gasteiger charge is -2.23. The van der Waals surface area contributed by atoms with Crippen molar-refractivity contribution in [2.24, 2.45) is 11.8 Å². The highest BCUT2D eigenvalue weighted by atomic mass is 16.4. The van der Waals surface area contributed by atoms with E-state index in [1.165, 1.54) is 6.42 Å². The number of nitrogens with one attached hydrogen (secondary N) is 1. The third-order valence-corrected chi connectivity index (χ3v) is 3.18. The van der Waals surface area contributed by atoms with Crippen LogP contribution >= 0.6 is 0 Å². The van der Waals surface area contributed by atoms with Gasteiger partial charge in [-0.25, -0.2) is 0 Å². The number of rotatable bonds is 11. The van der Waals surface area contributed by atoms with Crippen molar-refractivity contribution < 1.29 is 14.7 Å². The van der Waals surface area contributed by atoms with Gasteiger partial charge >= 0.3 is 5.97 Å². The van der Waals surface area contributed by atoms with Gasteiger partial charge in [0.25, 0.3) is 0 Å². The van der Waals surface area contributed by atoms with Gasteiger partial charge in [0.2, 0.25) is 5.91 Å². The Bertz CT molecular complexity index is 317. The maximum absolute atomic E-state index is 12.0. The summed E-state index contributed by atoms with van der Waals surface area (Å²) in [6.07, 6.45) is 3.23. The zero-order valence-corrected chi connectivity index (χ0v) is 14.2. The molecule has 0 aromatic heterocycles.